The summed E-state index contributed by atoms with van der Waals surface area (Å²) in [6, 6.07) is 0. The normalized spacial score (nSPS) is 11.9. The van der Waals surface area contributed by atoms with E-state index in [9.17, 15) is 8.42 Å². The van der Waals surface area contributed by atoms with Gasteiger partial charge in [0.15, 0.2) is 0 Å². The van der Waals surface area contributed by atoms with Crippen LogP contribution in [0.4, 0.5) is 0 Å². The summed E-state index contributed by atoms with van der Waals surface area (Å²) in [7, 11) is 1.14. The highest BCUT2D eigenvalue weighted by Crippen LogP contribution is 2.11. The van der Waals surface area contributed by atoms with E-state index in [2.05, 4.69) is 11.1 Å². The van der Waals surface area contributed by atoms with Crippen LogP contribution in [0.15, 0.2) is 0 Å². The van der Waals surface area contributed by atoms with Gasteiger partial charge < -0.3 is 0 Å². The largest absolute Gasteiger partial charge is 0.355 e. The van der Waals surface area contributed by atoms with Crippen LogP contribution in [0.5, 0.6) is 0 Å². The lowest BCUT2D eigenvalue weighted by molar-refractivity contribution is 0.315. The first-order valence-corrected chi connectivity index (χ1v) is 8.88. The fourth-order valence-corrected chi connectivity index (χ4v) is 2.25. The van der Waals surface area contributed by atoms with Gasteiger partial charge in [0.1, 0.15) is 0 Å². The van der Waals surface area contributed by atoms with Crippen LogP contribution in [0.1, 0.15) is 71.1 Å². The van der Waals surface area contributed by atoms with E-state index in [1.165, 1.54) is 44.9 Å². The SMILES string of the molecule is CCCCCCCCCCCCOS(=O)(=O)Cl. The Morgan fingerprint density at radius 3 is 1.65 bits per heavy atom. The Labute approximate surface area is 111 Å². The zero-order chi connectivity index (χ0) is 13.0. The van der Waals surface area contributed by atoms with Gasteiger partial charge in [0.2, 0.25) is 0 Å². The first kappa shape index (κ1) is 17.2. The standard InChI is InChI=1S/C12H25ClO3S/c1-2-3-4-5-6-7-8-9-10-11-12-16-17(13,14)15/h2-12H2,1H3. The molecule has 0 aromatic heterocycles. The van der Waals surface area contributed by atoms with Crippen LogP contribution in [-0.2, 0) is 13.5 Å². The van der Waals surface area contributed by atoms with Gasteiger partial charge >= 0.3 is 9.33 Å². The molecule has 0 heterocycles. The third-order valence-corrected chi connectivity index (χ3v) is 3.44. The maximum Gasteiger partial charge on any atom is 0.355 e. The summed E-state index contributed by atoms with van der Waals surface area (Å²) in [5.74, 6) is 0. The molecule has 0 N–H and O–H groups in total. The smallest absolute Gasteiger partial charge is 0.258 e. The molecule has 0 aromatic carbocycles. The maximum absolute atomic E-state index is 10.4. The minimum atomic E-state index is -3.76. The highest BCUT2D eigenvalue weighted by Gasteiger charge is 2.03. The Morgan fingerprint density at radius 1 is 0.824 bits per heavy atom. The summed E-state index contributed by atoms with van der Waals surface area (Å²) in [5.41, 5.74) is 0. The third kappa shape index (κ3) is 16.2. The van der Waals surface area contributed by atoms with Crippen molar-refractivity contribution in [2.75, 3.05) is 6.61 Å². The highest BCUT2D eigenvalue weighted by molar-refractivity contribution is 8.09. The Kier molecular flexibility index (Phi) is 11.4. The van der Waals surface area contributed by atoms with Crippen LogP contribution in [0.3, 0.4) is 0 Å². The first-order valence-electron chi connectivity index (χ1n) is 6.65. The summed E-state index contributed by atoms with van der Waals surface area (Å²) in [6.07, 6.45) is 12.1. The molecule has 5 heteroatoms. The molecule has 0 saturated heterocycles. The summed E-state index contributed by atoms with van der Waals surface area (Å²) < 4.78 is 25.3. The van der Waals surface area contributed by atoms with E-state index in [1.54, 1.807) is 0 Å². The predicted octanol–water partition coefficient (Wildman–Crippen LogP) is 4.41. The summed E-state index contributed by atoms with van der Waals surface area (Å²) in [6.45, 7) is 2.44. The highest BCUT2D eigenvalue weighted by atomic mass is 35.7. The molecule has 0 atom stereocenters. The number of hydrogen-bond donors (Lipinski definition) is 0. The molecule has 3 nitrogen and oxygen atoms in total. The minimum Gasteiger partial charge on any atom is -0.258 e. The fourth-order valence-electron chi connectivity index (χ4n) is 1.75. The van der Waals surface area contributed by atoms with Gasteiger partial charge in [-0.05, 0) is 6.42 Å². The molecule has 0 aliphatic carbocycles. The number of rotatable bonds is 12. The second-order valence-corrected chi connectivity index (χ2v) is 6.55. The molecular weight excluding hydrogens is 260 g/mol. The van der Waals surface area contributed by atoms with Crippen LogP contribution in [-0.4, -0.2) is 15.0 Å². The van der Waals surface area contributed by atoms with Crippen molar-refractivity contribution in [2.24, 2.45) is 0 Å². The quantitative estimate of drug-likeness (QED) is 0.394. The minimum absolute atomic E-state index is 0.211. The average Bonchev–Trinajstić information content (AvgIpc) is 2.24. The lowest BCUT2D eigenvalue weighted by atomic mass is 10.1. The van der Waals surface area contributed by atoms with E-state index in [0.29, 0.717) is 0 Å². The molecule has 0 unspecified atom stereocenters. The summed E-state index contributed by atoms with van der Waals surface area (Å²) in [5, 5.41) is 0. The van der Waals surface area contributed by atoms with Crippen molar-refractivity contribution < 1.29 is 12.6 Å². The van der Waals surface area contributed by atoms with Gasteiger partial charge in [-0.25, -0.2) is 0 Å². The molecular formula is C12H25ClO3S. The van der Waals surface area contributed by atoms with Crippen LogP contribution in [0, 0.1) is 0 Å². The van der Waals surface area contributed by atoms with E-state index in [1.807, 2.05) is 0 Å². The topological polar surface area (TPSA) is 43.4 Å². The van der Waals surface area contributed by atoms with Crippen molar-refractivity contribution in [2.45, 2.75) is 71.1 Å². The van der Waals surface area contributed by atoms with Gasteiger partial charge in [-0.15, -0.1) is 0 Å². The second-order valence-electron chi connectivity index (χ2n) is 4.40. The van der Waals surface area contributed by atoms with Gasteiger partial charge in [-0.1, -0.05) is 64.7 Å². The number of unbranched alkanes of at least 4 members (excludes halogenated alkanes) is 9. The monoisotopic (exact) mass is 284 g/mol. The summed E-state index contributed by atoms with van der Waals surface area (Å²) in [4.78, 5) is 0. The zero-order valence-corrected chi connectivity index (χ0v) is 12.4. The number of halogens is 1. The molecule has 0 aliphatic heterocycles. The van der Waals surface area contributed by atoms with Gasteiger partial charge in [-0.2, -0.15) is 8.42 Å². The molecule has 0 saturated carbocycles. The van der Waals surface area contributed by atoms with E-state index in [-0.39, 0.29) is 6.61 Å². The Balaban J connectivity index is 3.04. The van der Waals surface area contributed by atoms with E-state index >= 15 is 0 Å². The lowest BCUT2D eigenvalue weighted by Gasteiger charge is -2.02. The molecule has 0 amide bonds. The molecule has 0 aromatic rings. The van der Waals surface area contributed by atoms with Gasteiger partial charge in [-0.3, -0.25) is 4.18 Å². The zero-order valence-electron chi connectivity index (χ0n) is 10.8. The van der Waals surface area contributed by atoms with Crippen LogP contribution >= 0.6 is 10.7 Å². The molecule has 0 bridgehead atoms. The second kappa shape index (κ2) is 11.3. The van der Waals surface area contributed by atoms with Crippen molar-refractivity contribution in [3.8, 4) is 0 Å². The molecule has 0 radical (unpaired) electrons. The Hall–Kier alpha value is 0.200. The van der Waals surface area contributed by atoms with Gasteiger partial charge in [0.05, 0.1) is 6.61 Å². The van der Waals surface area contributed by atoms with Crippen LogP contribution in [0.25, 0.3) is 0 Å². The molecule has 0 rings (SSSR count). The van der Waals surface area contributed by atoms with Crippen molar-refractivity contribution in [3.63, 3.8) is 0 Å². The van der Waals surface area contributed by atoms with E-state index < -0.39 is 9.33 Å². The maximum atomic E-state index is 10.4. The van der Waals surface area contributed by atoms with Gasteiger partial charge in [0.25, 0.3) is 0 Å². The van der Waals surface area contributed by atoms with Crippen molar-refractivity contribution in [1.82, 2.24) is 0 Å². The van der Waals surface area contributed by atoms with E-state index in [4.69, 9.17) is 10.7 Å². The van der Waals surface area contributed by atoms with Gasteiger partial charge in [0, 0.05) is 10.7 Å². The molecule has 17 heavy (non-hydrogen) atoms. The Morgan fingerprint density at radius 2 is 1.24 bits per heavy atom. The molecule has 104 valence electrons. The first-order chi connectivity index (χ1) is 8.06. The predicted molar refractivity (Wildman–Crippen MR) is 72.6 cm³/mol. The third-order valence-electron chi connectivity index (χ3n) is 2.72. The lowest BCUT2D eigenvalue weighted by Crippen LogP contribution is -1.98. The summed E-state index contributed by atoms with van der Waals surface area (Å²) >= 11 is 0. The fraction of sp³-hybridized carbons (Fsp3) is 1.00. The Bertz CT molecular complexity index is 252. The van der Waals surface area contributed by atoms with Crippen molar-refractivity contribution in [3.05, 3.63) is 0 Å². The van der Waals surface area contributed by atoms with E-state index in [0.717, 1.165) is 19.3 Å². The van der Waals surface area contributed by atoms with Crippen molar-refractivity contribution >= 4 is 20.0 Å². The average molecular weight is 285 g/mol. The van der Waals surface area contributed by atoms with Crippen LogP contribution in [0.2, 0.25) is 0 Å². The van der Waals surface area contributed by atoms with Crippen LogP contribution < -0.4 is 0 Å². The number of hydrogen-bond acceptors (Lipinski definition) is 3. The molecule has 0 fully saturated rings. The molecule has 0 aliphatic rings. The molecule has 0 spiro atoms. The van der Waals surface area contributed by atoms with Crippen molar-refractivity contribution in [1.29, 1.82) is 0 Å².